The van der Waals surface area contributed by atoms with E-state index in [1.54, 1.807) is 12.1 Å². The number of likely N-dealkylation sites (N-methyl/N-ethyl adjacent to an activating group) is 1. The van der Waals surface area contributed by atoms with Crippen LogP contribution in [0.1, 0.15) is 12.5 Å². The number of benzene rings is 1. The zero-order chi connectivity index (χ0) is 13.3. The number of halogens is 1. The van der Waals surface area contributed by atoms with Gasteiger partial charge < -0.3 is 10.0 Å². The Kier molecular flexibility index (Phi) is 4.15. The van der Waals surface area contributed by atoms with Crippen LogP contribution in [-0.4, -0.2) is 48.1 Å². The van der Waals surface area contributed by atoms with E-state index in [4.69, 9.17) is 11.6 Å². The van der Waals surface area contributed by atoms with Crippen LogP contribution in [-0.2, 0) is 6.54 Å². The Labute approximate surface area is 114 Å². The summed E-state index contributed by atoms with van der Waals surface area (Å²) >= 11 is 6.15. The normalized spacial score (nSPS) is 24.9. The first-order valence-electron chi connectivity index (χ1n) is 6.34. The SMILES string of the molecule is CC1CN(Cc2c(O)cccc2Cl)CC1N(C)C. The van der Waals surface area contributed by atoms with E-state index in [0.29, 0.717) is 22.7 Å². The van der Waals surface area contributed by atoms with Gasteiger partial charge >= 0.3 is 0 Å². The second kappa shape index (κ2) is 5.47. The maximum atomic E-state index is 9.87. The van der Waals surface area contributed by atoms with Gasteiger partial charge in [0, 0.05) is 36.3 Å². The summed E-state index contributed by atoms with van der Waals surface area (Å²) in [5, 5.41) is 10.5. The summed E-state index contributed by atoms with van der Waals surface area (Å²) in [4.78, 5) is 4.63. The van der Waals surface area contributed by atoms with E-state index in [-0.39, 0.29) is 0 Å². The molecule has 2 rings (SSSR count). The van der Waals surface area contributed by atoms with Crippen molar-refractivity contribution in [2.24, 2.45) is 5.92 Å². The van der Waals surface area contributed by atoms with E-state index in [9.17, 15) is 5.11 Å². The van der Waals surface area contributed by atoms with Crippen LogP contribution in [0.4, 0.5) is 0 Å². The van der Waals surface area contributed by atoms with Crippen LogP contribution in [0.3, 0.4) is 0 Å². The molecule has 1 saturated heterocycles. The summed E-state index contributed by atoms with van der Waals surface area (Å²) in [5.41, 5.74) is 0.839. The van der Waals surface area contributed by atoms with Crippen molar-refractivity contribution in [3.05, 3.63) is 28.8 Å². The third-order valence-corrected chi connectivity index (χ3v) is 4.14. The van der Waals surface area contributed by atoms with Gasteiger partial charge in [-0.3, -0.25) is 4.90 Å². The molecule has 1 aromatic rings. The molecule has 18 heavy (non-hydrogen) atoms. The Morgan fingerprint density at radius 2 is 2.11 bits per heavy atom. The van der Waals surface area contributed by atoms with Crippen molar-refractivity contribution in [3.8, 4) is 5.75 Å². The van der Waals surface area contributed by atoms with Crippen molar-refractivity contribution >= 4 is 11.6 Å². The van der Waals surface area contributed by atoms with E-state index >= 15 is 0 Å². The molecular weight excluding hydrogens is 248 g/mol. The van der Waals surface area contributed by atoms with Gasteiger partial charge in [-0.15, -0.1) is 0 Å². The summed E-state index contributed by atoms with van der Waals surface area (Å²) in [6.07, 6.45) is 0. The fraction of sp³-hybridized carbons (Fsp3) is 0.571. The van der Waals surface area contributed by atoms with Crippen molar-refractivity contribution in [3.63, 3.8) is 0 Å². The van der Waals surface area contributed by atoms with Crippen LogP contribution >= 0.6 is 11.6 Å². The van der Waals surface area contributed by atoms with Crippen LogP contribution in [0.5, 0.6) is 5.75 Å². The maximum Gasteiger partial charge on any atom is 0.121 e. The van der Waals surface area contributed by atoms with Gasteiger partial charge in [-0.2, -0.15) is 0 Å². The van der Waals surface area contributed by atoms with Crippen molar-refractivity contribution in [2.75, 3.05) is 27.2 Å². The molecule has 0 bridgehead atoms. The molecule has 0 amide bonds. The van der Waals surface area contributed by atoms with E-state index in [2.05, 4.69) is 30.8 Å². The van der Waals surface area contributed by atoms with Gasteiger partial charge in [0.25, 0.3) is 0 Å². The molecule has 1 fully saturated rings. The maximum absolute atomic E-state index is 9.87. The van der Waals surface area contributed by atoms with Crippen molar-refractivity contribution in [1.82, 2.24) is 9.80 Å². The van der Waals surface area contributed by atoms with Gasteiger partial charge in [-0.1, -0.05) is 24.6 Å². The lowest BCUT2D eigenvalue weighted by Crippen LogP contribution is -2.34. The molecule has 0 spiro atoms. The number of aromatic hydroxyl groups is 1. The van der Waals surface area contributed by atoms with Crippen LogP contribution in [0.15, 0.2) is 18.2 Å². The number of hydrogen-bond donors (Lipinski definition) is 1. The Morgan fingerprint density at radius 1 is 1.39 bits per heavy atom. The molecule has 2 unspecified atom stereocenters. The van der Waals surface area contributed by atoms with E-state index in [1.165, 1.54) is 0 Å². The number of phenols is 1. The fourth-order valence-corrected chi connectivity index (χ4v) is 3.01. The predicted molar refractivity (Wildman–Crippen MR) is 75.0 cm³/mol. The van der Waals surface area contributed by atoms with Crippen molar-refractivity contribution in [2.45, 2.75) is 19.5 Å². The lowest BCUT2D eigenvalue weighted by Gasteiger charge is -2.22. The van der Waals surface area contributed by atoms with Gasteiger partial charge in [-0.25, -0.2) is 0 Å². The first kappa shape index (κ1) is 13.7. The molecule has 1 N–H and O–H groups in total. The first-order valence-corrected chi connectivity index (χ1v) is 6.72. The van der Waals surface area contributed by atoms with Gasteiger partial charge in [-0.05, 0) is 32.1 Å². The highest BCUT2D eigenvalue weighted by molar-refractivity contribution is 6.31. The molecule has 0 saturated carbocycles. The monoisotopic (exact) mass is 268 g/mol. The zero-order valence-corrected chi connectivity index (χ0v) is 12.0. The Hall–Kier alpha value is -0.770. The topological polar surface area (TPSA) is 26.7 Å². The van der Waals surface area contributed by atoms with Crippen LogP contribution < -0.4 is 0 Å². The highest BCUT2D eigenvalue weighted by Crippen LogP contribution is 2.29. The molecule has 3 nitrogen and oxygen atoms in total. The van der Waals surface area contributed by atoms with E-state index in [0.717, 1.165) is 25.2 Å². The average Bonchev–Trinajstić information content (AvgIpc) is 2.65. The predicted octanol–water partition coefficient (Wildman–Crippen LogP) is 2.43. The lowest BCUT2D eigenvalue weighted by molar-refractivity contribution is 0.249. The second-order valence-electron chi connectivity index (χ2n) is 5.44. The Bertz CT molecular complexity index is 402. The minimum Gasteiger partial charge on any atom is -0.508 e. The summed E-state index contributed by atoms with van der Waals surface area (Å²) in [6, 6.07) is 5.88. The molecule has 1 heterocycles. The summed E-state index contributed by atoms with van der Waals surface area (Å²) in [5.74, 6) is 0.938. The molecule has 2 atom stereocenters. The number of hydrogen-bond acceptors (Lipinski definition) is 3. The third kappa shape index (κ3) is 2.79. The minimum absolute atomic E-state index is 0.295. The number of nitrogens with zero attached hydrogens (tertiary/aromatic N) is 2. The zero-order valence-electron chi connectivity index (χ0n) is 11.2. The number of likely N-dealkylation sites (tertiary alicyclic amines) is 1. The van der Waals surface area contributed by atoms with Crippen LogP contribution in [0.2, 0.25) is 5.02 Å². The van der Waals surface area contributed by atoms with E-state index < -0.39 is 0 Å². The van der Waals surface area contributed by atoms with Crippen molar-refractivity contribution < 1.29 is 5.11 Å². The first-order chi connectivity index (χ1) is 8.49. The summed E-state index contributed by atoms with van der Waals surface area (Å²) in [6.45, 7) is 5.07. The Morgan fingerprint density at radius 3 is 2.67 bits per heavy atom. The van der Waals surface area contributed by atoms with Gasteiger partial charge in [0.15, 0.2) is 0 Å². The molecule has 0 radical (unpaired) electrons. The largest absolute Gasteiger partial charge is 0.508 e. The quantitative estimate of drug-likeness (QED) is 0.912. The van der Waals surface area contributed by atoms with E-state index in [1.807, 2.05) is 6.07 Å². The van der Waals surface area contributed by atoms with Crippen LogP contribution in [0, 0.1) is 5.92 Å². The fourth-order valence-electron chi connectivity index (χ4n) is 2.78. The highest BCUT2D eigenvalue weighted by atomic mass is 35.5. The molecule has 1 aliphatic heterocycles. The summed E-state index contributed by atoms with van der Waals surface area (Å²) in [7, 11) is 4.25. The molecule has 4 heteroatoms. The second-order valence-corrected chi connectivity index (χ2v) is 5.85. The molecule has 0 aliphatic carbocycles. The van der Waals surface area contributed by atoms with Gasteiger partial charge in [0.2, 0.25) is 0 Å². The molecule has 1 aliphatic rings. The molecule has 0 aromatic heterocycles. The smallest absolute Gasteiger partial charge is 0.121 e. The minimum atomic E-state index is 0.295. The van der Waals surface area contributed by atoms with Crippen LogP contribution in [0.25, 0.3) is 0 Å². The number of rotatable bonds is 3. The van der Waals surface area contributed by atoms with Gasteiger partial charge in [0.05, 0.1) is 0 Å². The summed E-state index contributed by atoms with van der Waals surface area (Å²) < 4.78 is 0. The van der Waals surface area contributed by atoms with Gasteiger partial charge in [0.1, 0.15) is 5.75 Å². The molecular formula is C14H21ClN2O. The third-order valence-electron chi connectivity index (χ3n) is 3.79. The Balaban J connectivity index is 2.08. The molecule has 100 valence electrons. The standard InChI is InChI=1S/C14H21ClN2O/c1-10-7-17(9-13(10)16(2)3)8-11-12(15)5-4-6-14(11)18/h4-6,10,13,18H,7-9H2,1-3H3. The van der Waals surface area contributed by atoms with Crippen molar-refractivity contribution in [1.29, 1.82) is 0 Å². The number of phenolic OH excluding ortho intramolecular Hbond substituents is 1. The molecule has 1 aromatic carbocycles. The average molecular weight is 269 g/mol. The highest BCUT2D eigenvalue weighted by Gasteiger charge is 2.31. The lowest BCUT2D eigenvalue weighted by atomic mass is 10.1.